The summed E-state index contributed by atoms with van der Waals surface area (Å²) in [5.74, 6) is 0.896. The molecule has 1 saturated carbocycles. The molecule has 1 heterocycles. The van der Waals surface area contributed by atoms with E-state index in [1.165, 1.54) is 45.2 Å². The summed E-state index contributed by atoms with van der Waals surface area (Å²) in [5, 5.41) is 3.46. The maximum Gasteiger partial charge on any atom is 0.0593 e. The van der Waals surface area contributed by atoms with Crippen molar-refractivity contribution in [2.75, 3.05) is 39.9 Å². The average molecular weight is 263 g/mol. The van der Waals surface area contributed by atoms with E-state index in [1.54, 1.807) is 0 Å². The Kier molecular flexibility index (Phi) is 7.44. The minimum Gasteiger partial charge on any atom is -0.380 e. The van der Waals surface area contributed by atoms with Crippen molar-refractivity contribution >= 4 is 12.4 Å². The summed E-state index contributed by atoms with van der Waals surface area (Å²) in [7, 11) is 2.25. The third kappa shape index (κ3) is 6.05. The lowest BCUT2D eigenvalue weighted by Crippen LogP contribution is -2.35. The molecule has 1 aliphatic heterocycles. The lowest BCUT2D eigenvalue weighted by Gasteiger charge is -2.26. The van der Waals surface area contributed by atoms with Crippen LogP contribution in [0, 0.1) is 5.92 Å². The molecule has 1 N–H and O–H groups in total. The van der Waals surface area contributed by atoms with Gasteiger partial charge in [0.05, 0.1) is 6.61 Å². The van der Waals surface area contributed by atoms with Gasteiger partial charge in [0.2, 0.25) is 0 Å². The van der Waals surface area contributed by atoms with Crippen LogP contribution < -0.4 is 5.32 Å². The van der Waals surface area contributed by atoms with Crippen LogP contribution in [0.15, 0.2) is 0 Å². The highest BCUT2D eigenvalue weighted by Crippen LogP contribution is 2.28. The van der Waals surface area contributed by atoms with Crippen molar-refractivity contribution in [2.24, 2.45) is 5.92 Å². The van der Waals surface area contributed by atoms with E-state index in [4.69, 9.17) is 4.74 Å². The van der Waals surface area contributed by atoms with Gasteiger partial charge >= 0.3 is 0 Å². The fourth-order valence-electron chi connectivity index (χ4n) is 2.37. The number of rotatable bonds is 6. The zero-order valence-corrected chi connectivity index (χ0v) is 11.8. The molecule has 0 aromatic carbocycles. The van der Waals surface area contributed by atoms with Crippen molar-refractivity contribution in [2.45, 2.75) is 38.1 Å². The molecule has 4 heteroatoms. The highest BCUT2D eigenvalue weighted by Gasteiger charge is 2.21. The SMILES string of the molecule is CN(CCOCC1CC1)C1CCCNCC1.Cl. The van der Waals surface area contributed by atoms with Crippen molar-refractivity contribution in [3.05, 3.63) is 0 Å². The summed E-state index contributed by atoms with van der Waals surface area (Å²) < 4.78 is 5.69. The minimum atomic E-state index is 0. The molecule has 0 spiro atoms. The monoisotopic (exact) mass is 262 g/mol. The van der Waals surface area contributed by atoms with Gasteiger partial charge in [-0.3, -0.25) is 0 Å². The Morgan fingerprint density at radius 3 is 2.76 bits per heavy atom. The summed E-state index contributed by atoms with van der Waals surface area (Å²) in [6, 6.07) is 0.763. The maximum absolute atomic E-state index is 5.69. The van der Waals surface area contributed by atoms with Crippen LogP contribution in [0.25, 0.3) is 0 Å². The maximum atomic E-state index is 5.69. The van der Waals surface area contributed by atoms with Gasteiger partial charge in [0, 0.05) is 19.2 Å². The molecule has 0 bridgehead atoms. The molecule has 102 valence electrons. The molecule has 3 nitrogen and oxygen atoms in total. The fraction of sp³-hybridized carbons (Fsp3) is 1.00. The van der Waals surface area contributed by atoms with Crippen LogP contribution in [0.2, 0.25) is 0 Å². The van der Waals surface area contributed by atoms with Gasteiger partial charge in [-0.15, -0.1) is 12.4 Å². The number of hydrogen-bond donors (Lipinski definition) is 1. The molecule has 0 aromatic heterocycles. The average Bonchev–Trinajstić information content (AvgIpc) is 3.10. The summed E-state index contributed by atoms with van der Waals surface area (Å²) >= 11 is 0. The number of hydrogen-bond acceptors (Lipinski definition) is 3. The standard InChI is InChI=1S/C13H26N2O.ClH/c1-15(9-10-16-11-12-4-5-12)13-3-2-7-14-8-6-13;/h12-14H,2-11H2,1H3;1H. The molecule has 2 fully saturated rings. The van der Waals surface area contributed by atoms with Crippen LogP contribution in [0.1, 0.15) is 32.1 Å². The summed E-state index contributed by atoms with van der Waals surface area (Å²) in [4.78, 5) is 2.49. The van der Waals surface area contributed by atoms with Crippen molar-refractivity contribution in [1.29, 1.82) is 0 Å². The quantitative estimate of drug-likeness (QED) is 0.740. The Labute approximate surface area is 112 Å². The summed E-state index contributed by atoms with van der Waals surface area (Å²) in [6.45, 7) is 5.38. The Morgan fingerprint density at radius 1 is 1.18 bits per heavy atom. The van der Waals surface area contributed by atoms with Crippen molar-refractivity contribution in [1.82, 2.24) is 10.2 Å². The Hall–Kier alpha value is 0.170. The first-order valence-electron chi connectivity index (χ1n) is 6.85. The predicted octanol–water partition coefficient (Wildman–Crippen LogP) is 1.91. The molecule has 17 heavy (non-hydrogen) atoms. The van der Waals surface area contributed by atoms with Crippen molar-refractivity contribution < 1.29 is 4.74 Å². The molecular weight excluding hydrogens is 236 g/mol. The Balaban J connectivity index is 0.00000144. The number of nitrogens with zero attached hydrogens (tertiary/aromatic N) is 1. The van der Waals surface area contributed by atoms with Crippen LogP contribution in [-0.4, -0.2) is 50.8 Å². The molecular formula is C13H27ClN2O. The lowest BCUT2D eigenvalue weighted by molar-refractivity contribution is 0.0890. The molecule has 2 aliphatic rings. The fourth-order valence-corrected chi connectivity index (χ4v) is 2.37. The van der Waals surface area contributed by atoms with Crippen LogP contribution >= 0.6 is 12.4 Å². The van der Waals surface area contributed by atoms with Crippen molar-refractivity contribution in [3.63, 3.8) is 0 Å². The number of halogens is 1. The van der Waals surface area contributed by atoms with Crippen LogP contribution in [0.4, 0.5) is 0 Å². The molecule has 0 aromatic rings. The van der Waals surface area contributed by atoms with E-state index in [1.807, 2.05) is 0 Å². The second kappa shape index (κ2) is 8.30. The van der Waals surface area contributed by atoms with E-state index in [-0.39, 0.29) is 12.4 Å². The molecule has 1 atom stereocenters. The first-order valence-corrected chi connectivity index (χ1v) is 6.85. The van der Waals surface area contributed by atoms with E-state index in [0.717, 1.165) is 31.7 Å². The van der Waals surface area contributed by atoms with Gasteiger partial charge in [0.1, 0.15) is 0 Å². The van der Waals surface area contributed by atoms with Crippen LogP contribution in [-0.2, 0) is 4.74 Å². The van der Waals surface area contributed by atoms with Gasteiger partial charge in [-0.1, -0.05) is 0 Å². The van der Waals surface area contributed by atoms with E-state index in [0.29, 0.717) is 0 Å². The molecule has 1 unspecified atom stereocenters. The lowest BCUT2D eigenvalue weighted by atomic mass is 10.1. The first kappa shape index (κ1) is 15.2. The van der Waals surface area contributed by atoms with Crippen molar-refractivity contribution in [3.8, 4) is 0 Å². The third-order valence-electron chi connectivity index (χ3n) is 3.81. The van der Waals surface area contributed by atoms with E-state index in [9.17, 15) is 0 Å². The van der Waals surface area contributed by atoms with Crippen LogP contribution in [0.3, 0.4) is 0 Å². The first-order chi connectivity index (χ1) is 7.86. The number of likely N-dealkylation sites (N-methyl/N-ethyl adjacent to an activating group) is 1. The molecule has 0 amide bonds. The van der Waals surface area contributed by atoms with Gasteiger partial charge in [0.15, 0.2) is 0 Å². The smallest absolute Gasteiger partial charge is 0.0593 e. The van der Waals surface area contributed by atoms with Gasteiger partial charge in [-0.25, -0.2) is 0 Å². The Morgan fingerprint density at radius 2 is 2.00 bits per heavy atom. The second-order valence-electron chi connectivity index (χ2n) is 5.33. The third-order valence-corrected chi connectivity index (χ3v) is 3.81. The van der Waals surface area contributed by atoms with E-state index in [2.05, 4.69) is 17.3 Å². The highest BCUT2D eigenvalue weighted by atomic mass is 35.5. The molecule has 2 rings (SSSR count). The number of nitrogens with one attached hydrogen (secondary N) is 1. The second-order valence-corrected chi connectivity index (χ2v) is 5.33. The molecule has 1 aliphatic carbocycles. The summed E-state index contributed by atoms with van der Waals surface area (Å²) in [5.41, 5.74) is 0. The summed E-state index contributed by atoms with van der Waals surface area (Å²) in [6.07, 6.45) is 6.73. The van der Waals surface area contributed by atoms with Gasteiger partial charge < -0.3 is 15.0 Å². The van der Waals surface area contributed by atoms with Gasteiger partial charge in [-0.05, 0) is 58.2 Å². The largest absolute Gasteiger partial charge is 0.380 e. The van der Waals surface area contributed by atoms with E-state index >= 15 is 0 Å². The van der Waals surface area contributed by atoms with Gasteiger partial charge in [-0.2, -0.15) is 0 Å². The zero-order valence-electron chi connectivity index (χ0n) is 11.0. The normalized spacial score (nSPS) is 25.4. The van der Waals surface area contributed by atoms with Crippen LogP contribution in [0.5, 0.6) is 0 Å². The highest BCUT2D eigenvalue weighted by molar-refractivity contribution is 5.85. The number of ether oxygens (including phenoxy) is 1. The Bertz CT molecular complexity index is 192. The minimum absolute atomic E-state index is 0. The predicted molar refractivity (Wildman–Crippen MR) is 73.9 cm³/mol. The zero-order chi connectivity index (χ0) is 11.2. The molecule has 0 radical (unpaired) electrons. The molecule has 1 saturated heterocycles. The topological polar surface area (TPSA) is 24.5 Å². The van der Waals surface area contributed by atoms with Gasteiger partial charge in [0.25, 0.3) is 0 Å². The van der Waals surface area contributed by atoms with E-state index < -0.39 is 0 Å².